The van der Waals surface area contributed by atoms with Gasteiger partial charge in [0.25, 0.3) is 0 Å². The Hall–Kier alpha value is -2.02. The average Bonchev–Trinajstić information content (AvgIpc) is 2.59. The number of hydrogen-bond donors (Lipinski definition) is 1. The van der Waals surface area contributed by atoms with Crippen LogP contribution in [0.5, 0.6) is 0 Å². The summed E-state index contributed by atoms with van der Waals surface area (Å²) in [6.45, 7) is 4.39. The molecule has 1 N–H and O–H groups in total. The summed E-state index contributed by atoms with van der Waals surface area (Å²) in [6.07, 6.45) is 0.339. The van der Waals surface area contributed by atoms with Crippen LogP contribution in [0, 0.1) is 5.41 Å². The number of urea groups is 1. The third-order valence-electron chi connectivity index (χ3n) is 5.43. The number of para-hydroxylation sites is 1. The molecule has 1 aromatic carbocycles. The highest BCUT2D eigenvalue weighted by atomic mass is 32.2. The second kappa shape index (κ2) is 5.76. The normalized spacial score (nSPS) is 28.9. The van der Waals surface area contributed by atoms with Gasteiger partial charge in [-0.05, 0) is 31.9 Å². The number of hydrogen-bond acceptors (Lipinski definition) is 5. The van der Waals surface area contributed by atoms with E-state index in [1.165, 1.54) is 4.90 Å². The van der Waals surface area contributed by atoms with Crippen LogP contribution in [0.1, 0.15) is 19.4 Å². The van der Waals surface area contributed by atoms with Gasteiger partial charge in [0.15, 0.2) is 5.41 Å². The zero-order valence-electron chi connectivity index (χ0n) is 14.3. The molecule has 3 aliphatic rings. The quantitative estimate of drug-likeness (QED) is 0.772. The minimum absolute atomic E-state index is 0.233. The molecule has 25 heavy (non-hydrogen) atoms. The summed E-state index contributed by atoms with van der Waals surface area (Å²) in [5.41, 5.74) is 0.860. The molecule has 0 aromatic heterocycles. The van der Waals surface area contributed by atoms with Crippen LogP contribution in [-0.2, 0) is 16.0 Å². The van der Waals surface area contributed by atoms with Gasteiger partial charge in [0.2, 0.25) is 11.8 Å². The summed E-state index contributed by atoms with van der Waals surface area (Å²) in [5.74, 6) is 0.853. The van der Waals surface area contributed by atoms with Crippen molar-refractivity contribution in [3.63, 3.8) is 0 Å². The maximum atomic E-state index is 13.4. The number of anilines is 1. The molecule has 7 heteroatoms. The molecule has 0 bridgehead atoms. The van der Waals surface area contributed by atoms with Gasteiger partial charge in [0, 0.05) is 29.8 Å². The van der Waals surface area contributed by atoms with E-state index >= 15 is 0 Å². The molecular formula is C18H21N3O3S. The third-order valence-corrected chi connectivity index (χ3v) is 6.45. The maximum absolute atomic E-state index is 13.4. The summed E-state index contributed by atoms with van der Waals surface area (Å²) in [6, 6.07) is 6.82. The summed E-state index contributed by atoms with van der Waals surface area (Å²) < 4.78 is 0. The predicted octanol–water partition coefficient (Wildman–Crippen LogP) is 1.64. The van der Waals surface area contributed by atoms with Gasteiger partial charge in [0.1, 0.15) is 0 Å². The van der Waals surface area contributed by atoms with Gasteiger partial charge in [-0.15, -0.1) is 0 Å². The Morgan fingerprint density at radius 2 is 2.00 bits per heavy atom. The monoisotopic (exact) mass is 359 g/mol. The summed E-state index contributed by atoms with van der Waals surface area (Å²) in [4.78, 5) is 42.1. The van der Waals surface area contributed by atoms with Crippen molar-refractivity contribution in [3.8, 4) is 0 Å². The molecule has 1 aromatic rings. The first kappa shape index (κ1) is 16.4. The van der Waals surface area contributed by atoms with Gasteiger partial charge in [-0.3, -0.25) is 19.8 Å². The molecule has 0 radical (unpaired) electrons. The molecule has 0 saturated carbocycles. The molecule has 2 atom stereocenters. The highest BCUT2D eigenvalue weighted by molar-refractivity contribution is 7.99. The fraction of sp³-hybridized carbons (Fsp3) is 0.500. The Labute approximate surface area is 150 Å². The van der Waals surface area contributed by atoms with Crippen LogP contribution in [0.3, 0.4) is 0 Å². The number of benzene rings is 1. The van der Waals surface area contributed by atoms with Crippen LogP contribution >= 0.6 is 11.8 Å². The minimum Gasteiger partial charge on any atom is -0.365 e. The molecule has 0 aliphatic carbocycles. The van der Waals surface area contributed by atoms with Gasteiger partial charge in [0.05, 0.1) is 6.04 Å². The Balaban J connectivity index is 1.88. The fourth-order valence-corrected chi connectivity index (χ4v) is 5.43. The maximum Gasteiger partial charge on any atom is 0.331 e. The molecule has 4 amide bonds. The Kier molecular flexibility index (Phi) is 3.79. The second-order valence-electron chi connectivity index (χ2n) is 7.09. The summed E-state index contributed by atoms with van der Waals surface area (Å²) >= 11 is 1.76. The number of carbonyl (C=O) groups excluding carboxylic acids is 3. The molecule has 2 saturated heterocycles. The third kappa shape index (κ3) is 2.21. The molecule has 0 unspecified atom stereocenters. The first-order chi connectivity index (χ1) is 12.0. The van der Waals surface area contributed by atoms with Crippen molar-refractivity contribution in [2.24, 2.45) is 5.41 Å². The van der Waals surface area contributed by atoms with E-state index < -0.39 is 17.4 Å². The molecule has 6 nitrogen and oxygen atoms in total. The zero-order valence-corrected chi connectivity index (χ0v) is 15.1. The van der Waals surface area contributed by atoms with Crippen molar-refractivity contribution in [1.82, 2.24) is 10.2 Å². The lowest BCUT2D eigenvalue weighted by Gasteiger charge is -2.53. The lowest BCUT2D eigenvalue weighted by molar-refractivity contribution is -0.154. The van der Waals surface area contributed by atoms with Crippen molar-refractivity contribution in [2.45, 2.75) is 32.4 Å². The van der Waals surface area contributed by atoms with Crippen LogP contribution in [0.25, 0.3) is 0 Å². The number of rotatable bonds is 1. The molecule has 3 heterocycles. The van der Waals surface area contributed by atoms with E-state index in [-0.39, 0.29) is 18.0 Å². The number of carbonyl (C=O) groups is 3. The number of amides is 4. The number of fused-ring (bicyclic) bond motifs is 4. The van der Waals surface area contributed by atoms with Crippen molar-refractivity contribution in [1.29, 1.82) is 0 Å². The standard InChI is InChI=1S/C18H21N3O3S/c1-11(2)21-16(23)18(15(22)19-17(21)24)9-12-5-3-4-6-13(12)20-7-8-25-10-14(18)20/h3-6,11,14H,7-10H2,1-2H3,(H,19,22,24)/t14-,18-/m1/s1. The minimum atomic E-state index is -1.24. The van der Waals surface area contributed by atoms with E-state index in [4.69, 9.17) is 0 Å². The van der Waals surface area contributed by atoms with E-state index in [9.17, 15) is 14.4 Å². The average molecular weight is 359 g/mol. The zero-order chi connectivity index (χ0) is 17.8. The molecule has 3 aliphatic heterocycles. The number of thioether (sulfide) groups is 1. The van der Waals surface area contributed by atoms with E-state index in [0.717, 1.165) is 23.5 Å². The van der Waals surface area contributed by atoms with Gasteiger partial charge >= 0.3 is 6.03 Å². The summed E-state index contributed by atoms with van der Waals surface area (Å²) in [7, 11) is 0. The van der Waals surface area contributed by atoms with Crippen LogP contribution in [0.2, 0.25) is 0 Å². The van der Waals surface area contributed by atoms with E-state index in [0.29, 0.717) is 12.2 Å². The number of nitrogens with zero attached hydrogens (tertiary/aromatic N) is 2. The molecule has 2 fully saturated rings. The second-order valence-corrected chi connectivity index (χ2v) is 8.24. The Morgan fingerprint density at radius 1 is 1.24 bits per heavy atom. The molecule has 132 valence electrons. The fourth-order valence-electron chi connectivity index (χ4n) is 4.25. The van der Waals surface area contributed by atoms with Crippen molar-refractivity contribution < 1.29 is 14.4 Å². The topological polar surface area (TPSA) is 69.7 Å². The summed E-state index contributed by atoms with van der Waals surface area (Å²) in [5, 5.41) is 2.46. The largest absolute Gasteiger partial charge is 0.365 e. The lowest BCUT2D eigenvalue weighted by atomic mass is 9.68. The number of nitrogens with one attached hydrogen (secondary N) is 1. The van der Waals surface area contributed by atoms with Crippen molar-refractivity contribution >= 4 is 35.3 Å². The Bertz CT molecular complexity index is 766. The van der Waals surface area contributed by atoms with Gasteiger partial charge in [-0.25, -0.2) is 4.79 Å². The van der Waals surface area contributed by atoms with Crippen LogP contribution in [0.15, 0.2) is 24.3 Å². The number of barbiturate groups is 1. The number of imide groups is 2. The first-order valence-corrected chi connectivity index (χ1v) is 9.73. The van der Waals surface area contributed by atoms with Gasteiger partial charge < -0.3 is 4.90 Å². The smallest absolute Gasteiger partial charge is 0.331 e. The van der Waals surface area contributed by atoms with Gasteiger partial charge in [-0.1, -0.05) is 18.2 Å². The SMILES string of the molecule is CC(C)N1C(=O)NC(=O)[C@]2(Cc3ccccc3N3CCSC[C@@H]32)C1=O. The first-order valence-electron chi connectivity index (χ1n) is 8.58. The highest BCUT2D eigenvalue weighted by Gasteiger charge is 2.62. The molecule has 4 rings (SSSR count). The van der Waals surface area contributed by atoms with Crippen LogP contribution in [0.4, 0.5) is 10.5 Å². The Morgan fingerprint density at radius 3 is 2.76 bits per heavy atom. The predicted molar refractivity (Wildman–Crippen MR) is 96.6 cm³/mol. The molecule has 1 spiro atoms. The van der Waals surface area contributed by atoms with E-state index in [2.05, 4.69) is 16.3 Å². The lowest BCUT2D eigenvalue weighted by Crippen LogP contribution is -2.74. The van der Waals surface area contributed by atoms with E-state index in [1.54, 1.807) is 25.6 Å². The molecular weight excluding hydrogens is 338 g/mol. The van der Waals surface area contributed by atoms with Crippen molar-refractivity contribution in [3.05, 3.63) is 29.8 Å². The van der Waals surface area contributed by atoms with Crippen LogP contribution in [-0.4, -0.2) is 52.9 Å². The highest BCUT2D eigenvalue weighted by Crippen LogP contribution is 2.46. The van der Waals surface area contributed by atoms with Gasteiger partial charge in [-0.2, -0.15) is 11.8 Å². The van der Waals surface area contributed by atoms with E-state index in [1.807, 2.05) is 18.2 Å². The van der Waals surface area contributed by atoms with Crippen LogP contribution < -0.4 is 10.2 Å². The van der Waals surface area contributed by atoms with Crippen molar-refractivity contribution in [2.75, 3.05) is 23.0 Å².